The van der Waals surface area contributed by atoms with Gasteiger partial charge < -0.3 is 0 Å². The van der Waals surface area contributed by atoms with Gasteiger partial charge in [-0.1, -0.05) is 44.2 Å². The molecule has 0 aromatic heterocycles. The Bertz CT molecular complexity index is 379. The summed E-state index contributed by atoms with van der Waals surface area (Å²) in [7, 11) is -3.67. The Labute approximate surface area is 101 Å². The highest BCUT2D eigenvalue weighted by atomic mass is 35.5. The maximum atomic E-state index is 10.4. The molecule has 0 unspecified atom stereocenters. The van der Waals surface area contributed by atoms with Gasteiger partial charge in [0.2, 0.25) is 0 Å². The number of rotatable bonds is 1. The van der Waals surface area contributed by atoms with Crippen molar-refractivity contribution in [2.45, 2.75) is 13.8 Å². The molecule has 0 bridgehead atoms. The zero-order chi connectivity index (χ0) is 13.2. The van der Waals surface area contributed by atoms with Crippen molar-refractivity contribution in [3.8, 4) is 0 Å². The van der Waals surface area contributed by atoms with Gasteiger partial charge in [0, 0.05) is 5.56 Å². The molecule has 0 amide bonds. The molecule has 0 fully saturated rings. The van der Waals surface area contributed by atoms with Crippen LogP contribution in [0.15, 0.2) is 30.3 Å². The molecule has 0 saturated heterocycles. The smallest absolute Gasteiger partial charge is 0.261 e. The number of hydrogen-bond acceptors (Lipinski definition) is 3. The Morgan fingerprint density at radius 3 is 1.69 bits per heavy atom. The first-order valence-electron chi connectivity index (χ1n) is 4.48. The minimum atomic E-state index is -3.67. The Hall–Kier alpha value is -0.910. The second-order valence-corrected chi connectivity index (χ2v) is 4.18. The lowest BCUT2D eigenvalue weighted by Crippen LogP contribution is -1.88. The van der Waals surface area contributed by atoms with Crippen LogP contribution in [-0.4, -0.2) is 24.5 Å². The molecular formula is C10H15ClO4S. The Morgan fingerprint density at radius 2 is 1.50 bits per heavy atom. The van der Waals surface area contributed by atoms with Crippen LogP contribution in [0.5, 0.6) is 0 Å². The standard InChI is InChI=1S/C7H5ClO.C2H6.CH4O3S/c8-7(9)6-4-2-1-3-5-6;1-2;1-5(2,3)4/h1-5H;1-2H3;1H3,(H,2,3,4). The molecule has 0 saturated carbocycles. The number of carbonyl (C=O) groups excluding carboxylic acids is 1. The van der Waals surface area contributed by atoms with Crippen molar-refractivity contribution in [3.05, 3.63) is 35.9 Å². The molecule has 0 radical (unpaired) electrons. The van der Waals surface area contributed by atoms with Crippen LogP contribution in [0.3, 0.4) is 0 Å². The lowest BCUT2D eigenvalue weighted by Gasteiger charge is -1.87. The zero-order valence-corrected chi connectivity index (χ0v) is 10.9. The van der Waals surface area contributed by atoms with Gasteiger partial charge in [-0.05, 0) is 11.6 Å². The fraction of sp³-hybridized carbons (Fsp3) is 0.300. The highest BCUT2D eigenvalue weighted by Gasteiger charge is 1.95. The fourth-order valence-corrected chi connectivity index (χ4v) is 0.695. The van der Waals surface area contributed by atoms with Crippen molar-refractivity contribution in [3.63, 3.8) is 0 Å². The third-order valence-corrected chi connectivity index (χ3v) is 1.22. The van der Waals surface area contributed by atoms with Gasteiger partial charge in [-0.2, -0.15) is 8.42 Å². The van der Waals surface area contributed by atoms with Crippen LogP contribution in [0.2, 0.25) is 0 Å². The lowest BCUT2D eigenvalue weighted by molar-refractivity contribution is 0.108. The summed E-state index contributed by atoms with van der Waals surface area (Å²) in [6.07, 6.45) is 0.715. The predicted octanol–water partition coefficient (Wildman–Crippen LogP) is 2.60. The second-order valence-electron chi connectivity index (χ2n) is 2.37. The van der Waals surface area contributed by atoms with Crippen molar-refractivity contribution >= 4 is 27.0 Å². The predicted molar refractivity (Wildman–Crippen MR) is 65.4 cm³/mol. The van der Waals surface area contributed by atoms with Gasteiger partial charge in [-0.3, -0.25) is 9.35 Å². The van der Waals surface area contributed by atoms with Gasteiger partial charge in [0.25, 0.3) is 15.4 Å². The molecule has 92 valence electrons. The molecule has 0 atom stereocenters. The minimum Gasteiger partial charge on any atom is -0.286 e. The SMILES string of the molecule is CC.CS(=O)(=O)O.O=C(Cl)c1ccccc1. The van der Waals surface area contributed by atoms with E-state index >= 15 is 0 Å². The van der Waals surface area contributed by atoms with Gasteiger partial charge in [-0.15, -0.1) is 0 Å². The summed E-state index contributed by atoms with van der Waals surface area (Å²) in [5, 5.41) is -0.407. The van der Waals surface area contributed by atoms with Crippen LogP contribution < -0.4 is 0 Å². The molecule has 6 heteroatoms. The second kappa shape index (κ2) is 9.33. The van der Waals surface area contributed by atoms with Crippen LogP contribution in [0, 0.1) is 0 Å². The van der Waals surface area contributed by atoms with Crippen LogP contribution in [0.25, 0.3) is 0 Å². The number of carbonyl (C=O) groups is 1. The first kappa shape index (κ1) is 17.5. The molecule has 1 N–H and O–H groups in total. The van der Waals surface area contributed by atoms with Gasteiger partial charge in [0.05, 0.1) is 6.26 Å². The molecule has 0 aliphatic heterocycles. The summed E-state index contributed by atoms with van der Waals surface area (Å²) in [5.41, 5.74) is 0.541. The van der Waals surface area contributed by atoms with E-state index in [2.05, 4.69) is 0 Å². The van der Waals surface area contributed by atoms with E-state index in [9.17, 15) is 13.2 Å². The summed E-state index contributed by atoms with van der Waals surface area (Å²) in [6, 6.07) is 8.74. The van der Waals surface area contributed by atoms with Crippen LogP contribution in [0.4, 0.5) is 0 Å². The molecule has 0 aliphatic rings. The van der Waals surface area contributed by atoms with Crippen molar-refractivity contribution < 1.29 is 17.8 Å². The van der Waals surface area contributed by atoms with Crippen LogP contribution >= 0.6 is 11.6 Å². The average molecular weight is 267 g/mol. The Morgan fingerprint density at radius 1 is 1.19 bits per heavy atom. The highest BCUT2D eigenvalue weighted by molar-refractivity contribution is 7.85. The molecule has 0 spiro atoms. The highest BCUT2D eigenvalue weighted by Crippen LogP contribution is 2.01. The first-order chi connectivity index (χ1) is 7.30. The van der Waals surface area contributed by atoms with E-state index in [0.717, 1.165) is 0 Å². The molecular weight excluding hydrogens is 252 g/mol. The molecule has 1 aromatic rings. The van der Waals surface area contributed by atoms with Gasteiger partial charge in [-0.25, -0.2) is 0 Å². The van der Waals surface area contributed by atoms with E-state index in [1.807, 2.05) is 19.9 Å². The summed E-state index contributed by atoms with van der Waals surface area (Å²) < 4.78 is 25.9. The monoisotopic (exact) mass is 266 g/mol. The van der Waals surface area contributed by atoms with E-state index in [1.165, 1.54) is 0 Å². The summed E-state index contributed by atoms with van der Waals surface area (Å²) in [5.74, 6) is 0. The van der Waals surface area contributed by atoms with E-state index < -0.39 is 15.4 Å². The van der Waals surface area contributed by atoms with E-state index in [4.69, 9.17) is 16.2 Å². The van der Waals surface area contributed by atoms with Crippen molar-refractivity contribution in [1.82, 2.24) is 0 Å². The van der Waals surface area contributed by atoms with Crippen molar-refractivity contribution in [1.29, 1.82) is 0 Å². The molecule has 4 nitrogen and oxygen atoms in total. The summed E-state index contributed by atoms with van der Waals surface area (Å²) in [4.78, 5) is 10.4. The van der Waals surface area contributed by atoms with E-state index in [1.54, 1.807) is 24.3 Å². The number of hydrogen-bond donors (Lipinski definition) is 1. The maximum absolute atomic E-state index is 10.4. The fourth-order valence-electron chi connectivity index (χ4n) is 0.569. The Balaban J connectivity index is 0. The lowest BCUT2D eigenvalue weighted by atomic mass is 10.2. The number of benzene rings is 1. The summed E-state index contributed by atoms with van der Waals surface area (Å²) >= 11 is 5.16. The van der Waals surface area contributed by atoms with Gasteiger partial charge >= 0.3 is 0 Å². The van der Waals surface area contributed by atoms with Crippen LogP contribution in [0.1, 0.15) is 24.2 Å². The minimum absolute atomic E-state index is 0.407. The molecule has 0 aliphatic carbocycles. The number of halogens is 1. The topological polar surface area (TPSA) is 71.4 Å². The zero-order valence-electron chi connectivity index (χ0n) is 9.34. The molecule has 1 aromatic carbocycles. The Kier molecular flexibility index (Phi) is 10.2. The van der Waals surface area contributed by atoms with E-state index in [-0.39, 0.29) is 0 Å². The molecule has 0 heterocycles. The van der Waals surface area contributed by atoms with Crippen molar-refractivity contribution in [2.24, 2.45) is 0 Å². The molecule has 16 heavy (non-hydrogen) atoms. The first-order valence-corrected chi connectivity index (χ1v) is 6.70. The quantitative estimate of drug-likeness (QED) is 0.626. The maximum Gasteiger partial charge on any atom is 0.261 e. The van der Waals surface area contributed by atoms with Crippen LogP contribution in [-0.2, 0) is 10.1 Å². The van der Waals surface area contributed by atoms with Gasteiger partial charge in [0.15, 0.2) is 0 Å². The third kappa shape index (κ3) is 15.6. The average Bonchev–Trinajstić information content (AvgIpc) is 2.20. The van der Waals surface area contributed by atoms with Crippen molar-refractivity contribution in [2.75, 3.05) is 6.26 Å². The third-order valence-electron chi connectivity index (χ3n) is 1.00. The summed E-state index contributed by atoms with van der Waals surface area (Å²) in [6.45, 7) is 4.00. The van der Waals surface area contributed by atoms with Gasteiger partial charge in [0.1, 0.15) is 0 Å². The largest absolute Gasteiger partial charge is 0.286 e. The molecule has 1 rings (SSSR count). The van der Waals surface area contributed by atoms with E-state index in [0.29, 0.717) is 11.8 Å². The normalized spacial score (nSPS) is 9.06.